The maximum Gasteiger partial charge on any atom is 0.328 e. The van der Waals surface area contributed by atoms with Crippen LogP contribution < -0.4 is 9.47 Å². The minimum Gasteiger partial charge on any atom is -0.493 e. The van der Waals surface area contributed by atoms with E-state index in [1.165, 1.54) is 26.0 Å². The topological polar surface area (TPSA) is 55.8 Å². The van der Waals surface area contributed by atoms with Crippen molar-refractivity contribution < 1.29 is 19.4 Å². The third-order valence-electron chi connectivity index (χ3n) is 3.14. The fraction of sp³-hybridized carbons (Fsp3) is 0.400. The van der Waals surface area contributed by atoms with Gasteiger partial charge in [-0.1, -0.05) is 24.4 Å². The summed E-state index contributed by atoms with van der Waals surface area (Å²) in [5.74, 6) is 0.808. The van der Waals surface area contributed by atoms with Crippen LogP contribution in [0.15, 0.2) is 18.2 Å². The number of halogens is 1. The maximum absolute atomic E-state index is 10.5. The van der Waals surface area contributed by atoms with E-state index in [0.717, 1.165) is 18.4 Å². The average Bonchev–Trinajstić information content (AvgIpc) is 3.22. The van der Waals surface area contributed by atoms with Crippen molar-refractivity contribution in [1.29, 1.82) is 0 Å². The van der Waals surface area contributed by atoms with Crippen LogP contribution in [0.4, 0.5) is 0 Å². The molecule has 5 heteroatoms. The van der Waals surface area contributed by atoms with E-state index < -0.39 is 5.97 Å². The van der Waals surface area contributed by atoms with Crippen molar-refractivity contribution in [3.8, 4) is 11.5 Å². The number of ether oxygens (including phenoxy) is 2. The van der Waals surface area contributed by atoms with Gasteiger partial charge in [-0.15, -0.1) is 0 Å². The van der Waals surface area contributed by atoms with Crippen LogP contribution in [0.2, 0.25) is 5.02 Å². The molecule has 1 aliphatic rings. The summed E-state index contributed by atoms with van der Waals surface area (Å²) in [6.07, 6.45) is 6.11. The molecule has 0 saturated heterocycles. The summed E-state index contributed by atoms with van der Waals surface area (Å²) in [6.45, 7) is 0.616. The molecule has 0 atom stereocenters. The highest BCUT2D eigenvalue weighted by Crippen LogP contribution is 2.38. The number of methoxy groups -OCH3 is 1. The molecule has 2 rings (SSSR count). The zero-order chi connectivity index (χ0) is 14.5. The number of rotatable bonds is 7. The average molecular weight is 297 g/mol. The lowest BCUT2D eigenvalue weighted by Crippen LogP contribution is -2.01. The number of hydrogen-bond acceptors (Lipinski definition) is 3. The third kappa shape index (κ3) is 4.17. The molecular formula is C15H17ClO4. The second kappa shape index (κ2) is 6.66. The van der Waals surface area contributed by atoms with Crippen LogP contribution in [-0.2, 0) is 4.79 Å². The molecule has 4 nitrogen and oxygen atoms in total. The first kappa shape index (κ1) is 14.7. The molecule has 1 aromatic carbocycles. The van der Waals surface area contributed by atoms with Crippen LogP contribution in [0.25, 0.3) is 6.08 Å². The monoisotopic (exact) mass is 296 g/mol. The minimum absolute atomic E-state index is 0.421. The van der Waals surface area contributed by atoms with Gasteiger partial charge in [-0.25, -0.2) is 4.79 Å². The van der Waals surface area contributed by atoms with Gasteiger partial charge in [0.05, 0.1) is 18.7 Å². The predicted octanol–water partition coefficient (Wildman–Crippen LogP) is 3.63. The largest absolute Gasteiger partial charge is 0.493 e. The fourth-order valence-corrected chi connectivity index (χ4v) is 2.15. The number of aliphatic carboxylic acids is 1. The summed E-state index contributed by atoms with van der Waals surface area (Å²) in [6, 6.07) is 3.37. The molecule has 108 valence electrons. The van der Waals surface area contributed by atoms with Crippen LogP contribution in [0.3, 0.4) is 0 Å². The Labute approximate surface area is 123 Å². The molecule has 0 aliphatic heterocycles. The zero-order valence-electron chi connectivity index (χ0n) is 11.3. The fourth-order valence-electron chi connectivity index (χ4n) is 1.88. The summed E-state index contributed by atoms with van der Waals surface area (Å²) < 4.78 is 10.9. The van der Waals surface area contributed by atoms with E-state index in [4.69, 9.17) is 26.2 Å². The molecule has 1 aromatic rings. The second-order valence-electron chi connectivity index (χ2n) is 4.79. The Hall–Kier alpha value is -1.68. The molecule has 1 fully saturated rings. The van der Waals surface area contributed by atoms with Gasteiger partial charge in [0.1, 0.15) is 0 Å². The Morgan fingerprint density at radius 2 is 2.25 bits per heavy atom. The summed E-state index contributed by atoms with van der Waals surface area (Å²) >= 11 is 6.17. The van der Waals surface area contributed by atoms with Crippen LogP contribution in [0.1, 0.15) is 24.8 Å². The van der Waals surface area contributed by atoms with Crippen LogP contribution >= 0.6 is 11.6 Å². The Morgan fingerprint density at radius 1 is 1.50 bits per heavy atom. The van der Waals surface area contributed by atoms with Gasteiger partial charge < -0.3 is 14.6 Å². The van der Waals surface area contributed by atoms with Gasteiger partial charge in [-0.2, -0.15) is 0 Å². The Kier molecular flexibility index (Phi) is 4.90. The first-order valence-electron chi connectivity index (χ1n) is 6.51. The lowest BCUT2D eigenvalue weighted by atomic mass is 10.2. The molecule has 1 aliphatic carbocycles. The lowest BCUT2D eigenvalue weighted by Gasteiger charge is -2.13. The van der Waals surface area contributed by atoms with E-state index >= 15 is 0 Å². The quantitative estimate of drug-likeness (QED) is 0.781. The van der Waals surface area contributed by atoms with Crippen LogP contribution in [0, 0.1) is 5.92 Å². The van der Waals surface area contributed by atoms with Crippen LogP contribution in [-0.4, -0.2) is 24.8 Å². The second-order valence-corrected chi connectivity index (χ2v) is 5.19. The first-order valence-corrected chi connectivity index (χ1v) is 6.89. The van der Waals surface area contributed by atoms with Crippen molar-refractivity contribution in [3.05, 3.63) is 28.8 Å². The first-order chi connectivity index (χ1) is 9.60. The van der Waals surface area contributed by atoms with Crippen molar-refractivity contribution in [2.75, 3.05) is 13.7 Å². The van der Waals surface area contributed by atoms with Gasteiger partial charge in [0.2, 0.25) is 0 Å². The van der Waals surface area contributed by atoms with Crippen LogP contribution in [0.5, 0.6) is 11.5 Å². The highest BCUT2D eigenvalue weighted by molar-refractivity contribution is 6.32. The molecule has 0 heterocycles. The molecule has 0 unspecified atom stereocenters. The number of benzene rings is 1. The van der Waals surface area contributed by atoms with Gasteiger partial charge in [-0.05, 0) is 36.1 Å². The highest BCUT2D eigenvalue weighted by Gasteiger charge is 2.21. The van der Waals surface area contributed by atoms with Crippen molar-refractivity contribution >= 4 is 23.6 Å². The van der Waals surface area contributed by atoms with E-state index in [-0.39, 0.29) is 0 Å². The maximum atomic E-state index is 10.5. The van der Waals surface area contributed by atoms with Crippen molar-refractivity contribution in [2.45, 2.75) is 19.3 Å². The van der Waals surface area contributed by atoms with E-state index in [1.54, 1.807) is 12.1 Å². The molecular weight excluding hydrogens is 280 g/mol. The standard InChI is InChI=1S/C15H17ClO4/c1-19-13-9-11(4-5-14(17)18)8-12(16)15(13)20-7-6-10-2-3-10/h4-5,8-10H,2-3,6-7H2,1H3,(H,17,18). The Balaban J connectivity index is 2.11. The summed E-state index contributed by atoms with van der Waals surface area (Å²) in [7, 11) is 1.53. The molecule has 0 amide bonds. The van der Waals surface area contributed by atoms with Gasteiger partial charge in [-0.3, -0.25) is 0 Å². The summed E-state index contributed by atoms with van der Waals surface area (Å²) in [4.78, 5) is 10.5. The van der Waals surface area contributed by atoms with Crippen molar-refractivity contribution in [3.63, 3.8) is 0 Å². The van der Waals surface area contributed by atoms with E-state index in [9.17, 15) is 4.79 Å². The smallest absolute Gasteiger partial charge is 0.328 e. The molecule has 1 saturated carbocycles. The number of carboxylic acids is 1. The predicted molar refractivity (Wildman–Crippen MR) is 77.5 cm³/mol. The molecule has 20 heavy (non-hydrogen) atoms. The number of hydrogen-bond donors (Lipinski definition) is 1. The molecule has 0 bridgehead atoms. The number of carboxylic acid groups (broad SMARTS) is 1. The minimum atomic E-state index is -1.01. The Bertz CT molecular complexity index is 521. The zero-order valence-corrected chi connectivity index (χ0v) is 12.0. The summed E-state index contributed by atoms with van der Waals surface area (Å²) in [5.41, 5.74) is 0.656. The van der Waals surface area contributed by atoms with Crippen molar-refractivity contribution in [2.24, 2.45) is 5.92 Å². The summed E-state index contributed by atoms with van der Waals surface area (Å²) in [5, 5.41) is 9.04. The number of carbonyl (C=O) groups is 1. The highest BCUT2D eigenvalue weighted by atomic mass is 35.5. The molecule has 0 radical (unpaired) electrons. The van der Waals surface area contributed by atoms with Gasteiger partial charge in [0.15, 0.2) is 11.5 Å². The normalized spacial score (nSPS) is 14.5. The molecule has 0 aromatic heterocycles. The Morgan fingerprint density at radius 3 is 2.85 bits per heavy atom. The SMILES string of the molecule is COc1cc(C=CC(=O)O)cc(Cl)c1OCCC1CC1. The van der Waals surface area contributed by atoms with Crippen molar-refractivity contribution in [1.82, 2.24) is 0 Å². The third-order valence-corrected chi connectivity index (χ3v) is 3.42. The molecule has 1 N–H and O–H groups in total. The van der Waals surface area contributed by atoms with E-state index in [0.29, 0.717) is 28.7 Å². The van der Waals surface area contributed by atoms with E-state index in [2.05, 4.69) is 0 Å². The van der Waals surface area contributed by atoms with E-state index in [1.807, 2.05) is 0 Å². The molecule has 0 spiro atoms. The lowest BCUT2D eigenvalue weighted by molar-refractivity contribution is -0.131. The van der Waals surface area contributed by atoms with Gasteiger partial charge in [0.25, 0.3) is 0 Å². The van der Waals surface area contributed by atoms with Gasteiger partial charge >= 0.3 is 5.97 Å². The van der Waals surface area contributed by atoms with Gasteiger partial charge in [0, 0.05) is 6.08 Å².